The number of nitrogens with zero attached hydrogens (tertiary/aromatic N) is 3. The second kappa shape index (κ2) is 5.04. The Balaban J connectivity index is 2.66. The standard InChI is InChI=1S/C9H17N5O2/c1-9(2,6-15)11-8(16)7-5-14(4-3-10)13-12-7/h5,15H,3-4,6,10H2,1-2H3,(H,11,16). The van der Waals surface area contributed by atoms with Crippen LogP contribution in [0.4, 0.5) is 0 Å². The summed E-state index contributed by atoms with van der Waals surface area (Å²) in [5.74, 6) is -0.359. The summed E-state index contributed by atoms with van der Waals surface area (Å²) in [6.45, 7) is 4.25. The SMILES string of the molecule is CC(C)(CO)NC(=O)c1cn(CCN)nn1. The molecule has 90 valence electrons. The van der Waals surface area contributed by atoms with Crippen molar-refractivity contribution in [1.29, 1.82) is 0 Å². The fourth-order valence-electron chi connectivity index (χ4n) is 1.05. The van der Waals surface area contributed by atoms with Crippen LogP contribution in [0.3, 0.4) is 0 Å². The Morgan fingerprint density at radius 1 is 1.69 bits per heavy atom. The summed E-state index contributed by atoms with van der Waals surface area (Å²) < 4.78 is 1.50. The van der Waals surface area contributed by atoms with Crippen LogP contribution < -0.4 is 11.1 Å². The van der Waals surface area contributed by atoms with Gasteiger partial charge in [-0.1, -0.05) is 5.21 Å². The lowest BCUT2D eigenvalue weighted by molar-refractivity contribution is 0.0864. The summed E-state index contributed by atoms with van der Waals surface area (Å²) in [6.07, 6.45) is 1.52. The maximum atomic E-state index is 11.7. The maximum absolute atomic E-state index is 11.7. The molecule has 0 unspecified atom stereocenters. The predicted molar refractivity (Wildman–Crippen MR) is 57.7 cm³/mol. The first-order valence-electron chi connectivity index (χ1n) is 5.02. The minimum Gasteiger partial charge on any atom is -0.394 e. The van der Waals surface area contributed by atoms with Crippen molar-refractivity contribution in [3.05, 3.63) is 11.9 Å². The zero-order chi connectivity index (χ0) is 12.2. The molecule has 0 bridgehead atoms. The van der Waals surface area contributed by atoms with E-state index in [4.69, 9.17) is 10.8 Å². The third-order valence-electron chi connectivity index (χ3n) is 1.98. The lowest BCUT2D eigenvalue weighted by Gasteiger charge is -2.22. The van der Waals surface area contributed by atoms with Gasteiger partial charge in [0.2, 0.25) is 0 Å². The average molecular weight is 227 g/mol. The number of amides is 1. The minimum atomic E-state index is -0.672. The van der Waals surface area contributed by atoms with Crippen LogP contribution in [0, 0.1) is 0 Å². The van der Waals surface area contributed by atoms with E-state index < -0.39 is 5.54 Å². The molecule has 1 amide bonds. The molecule has 0 radical (unpaired) electrons. The van der Waals surface area contributed by atoms with Crippen LogP contribution in [-0.4, -0.2) is 44.7 Å². The number of nitrogens with two attached hydrogens (primary N) is 1. The molecule has 0 saturated heterocycles. The number of aliphatic hydroxyl groups is 1. The Hall–Kier alpha value is -1.47. The van der Waals surface area contributed by atoms with Crippen LogP contribution in [0.1, 0.15) is 24.3 Å². The second-order valence-corrected chi connectivity index (χ2v) is 4.15. The summed E-state index contributed by atoms with van der Waals surface area (Å²) in [5, 5.41) is 19.1. The Morgan fingerprint density at radius 3 is 2.94 bits per heavy atom. The molecule has 1 heterocycles. The maximum Gasteiger partial charge on any atom is 0.273 e. The highest BCUT2D eigenvalue weighted by molar-refractivity contribution is 5.92. The van der Waals surface area contributed by atoms with Crippen LogP contribution >= 0.6 is 0 Å². The highest BCUT2D eigenvalue weighted by atomic mass is 16.3. The van der Waals surface area contributed by atoms with Gasteiger partial charge in [-0.15, -0.1) is 5.10 Å². The van der Waals surface area contributed by atoms with E-state index in [1.54, 1.807) is 13.8 Å². The smallest absolute Gasteiger partial charge is 0.273 e. The first-order valence-corrected chi connectivity index (χ1v) is 5.02. The van der Waals surface area contributed by atoms with Gasteiger partial charge in [0.25, 0.3) is 5.91 Å². The van der Waals surface area contributed by atoms with E-state index in [0.29, 0.717) is 13.1 Å². The van der Waals surface area contributed by atoms with E-state index in [1.807, 2.05) is 0 Å². The van der Waals surface area contributed by atoms with Crippen molar-refractivity contribution in [2.24, 2.45) is 5.73 Å². The van der Waals surface area contributed by atoms with Gasteiger partial charge in [0.1, 0.15) is 0 Å². The molecular weight excluding hydrogens is 210 g/mol. The van der Waals surface area contributed by atoms with Crippen LogP contribution in [-0.2, 0) is 6.54 Å². The predicted octanol–water partition coefficient (Wildman–Crippen LogP) is -1.26. The van der Waals surface area contributed by atoms with Gasteiger partial charge in [-0.2, -0.15) is 0 Å². The molecule has 0 saturated carbocycles. The van der Waals surface area contributed by atoms with Crippen LogP contribution in [0.2, 0.25) is 0 Å². The number of aromatic nitrogens is 3. The summed E-state index contributed by atoms with van der Waals surface area (Å²) in [4.78, 5) is 11.7. The second-order valence-electron chi connectivity index (χ2n) is 4.15. The van der Waals surface area contributed by atoms with E-state index >= 15 is 0 Å². The fraction of sp³-hybridized carbons (Fsp3) is 0.667. The van der Waals surface area contributed by atoms with E-state index in [9.17, 15) is 4.79 Å². The van der Waals surface area contributed by atoms with Gasteiger partial charge in [0, 0.05) is 6.54 Å². The molecule has 0 aliphatic heterocycles. The molecule has 0 spiro atoms. The van der Waals surface area contributed by atoms with Gasteiger partial charge >= 0.3 is 0 Å². The Labute approximate surface area is 93.6 Å². The van der Waals surface area contributed by atoms with Crippen LogP contribution in [0.5, 0.6) is 0 Å². The third-order valence-corrected chi connectivity index (χ3v) is 1.98. The van der Waals surface area contributed by atoms with Crippen molar-refractivity contribution in [2.45, 2.75) is 25.9 Å². The molecule has 7 nitrogen and oxygen atoms in total. The highest BCUT2D eigenvalue weighted by Crippen LogP contribution is 2.02. The lowest BCUT2D eigenvalue weighted by atomic mass is 10.1. The number of carbonyl (C=O) groups is 1. The van der Waals surface area contributed by atoms with Gasteiger partial charge < -0.3 is 16.2 Å². The lowest BCUT2D eigenvalue weighted by Crippen LogP contribution is -2.46. The molecule has 0 atom stereocenters. The molecule has 1 aromatic rings. The summed E-state index contributed by atoms with van der Waals surface area (Å²) in [6, 6.07) is 0. The minimum absolute atomic E-state index is 0.143. The zero-order valence-corrected chi connectivity index (χ0v) is 9.47. The largest absolute Gasteiger partial charge is 0.394 e. The summed E-state index contributed by atoms with van der Waals surface area (Å²) >= 11 is 0. The van der Waals surface area contributed by atoms with Crippen LogP contribution in [0.25, 0.3) is 0 Å². The quantitative estimate of drug-likeness (QED) is 0.582. The van der Waals surface area contributed by atoms with Gasteiger partial charge in [-0.05, 0) is 13.8 Å². The van der Waals surface area contributed by atoms with Gasteiger partial charge in [0.15, 0.2) is 5.69 Å². The monoisotopic (exact) mass is 227 g/mol. The highest BCUT2D eigenvalue weighted by Gasteiger charge is 2.21. The number of aliphatic hydroxyl groups excluding tert-OH is 1. The normalized spacial score (nSPS) is 11.5. The topological polar surface area (TPSA) is 106 Å². The van der Waals surface area contributed by atoms with Crippen molar-refractivity contribution >= 4 is 5.91 Å². The van der Waals surface area contributed by atoms with Crippen LogP contribution in [0.15, 0.2) is 6.20 Å². The van der Waals surface area contributed by atoms with E-state index in [0.717, 1.165) is 0 Å². The number of rotatable bonds is 5. The Kier molecular flexibility index (Phi) is 3.97. The average Bonchev–Trinajstić information content (AvgIpc) is 2.66. The third kappa shape index (κ3) is 3.28. The molecule has 7 heteroatoms. The van der Waals surface area contributed by atoms with Crippen molar-refractivity contribution in [2.75, 3.05) is 13.2 Å². The Morgan fingerprint density at radius 2 is 2.38 bits per heavy atom. The number of nitrogens with one attached hydrogen (secondary N) is 1. The first-order chi connectivity index (χ1) is 7.48. The van der Waals surface area contributed by atoms with E-state index in [1.165, 1.54) is 10.9 Å². The molecule has 0 fully saturated rings. The van der Waals surface area contributed by atoms with Gasteiger partial charge in [0.05, 0.1) is 24.9 Å². The summed E-state index contributed by atoms with van der Waals surface area (Å²) in [7, 11) is 0. The molecule has 0 aliphatic carbocycles. The summed E-state index contributed by atoms with van der Waals surface area (Å²) in [5.41, 5.74) is 4.89. The van der Waals surface area contributed by atoms with Crippen molar-refractivity contribution in [3.8, 4) is 0 Å². The number of carbonyl (C=O) groups excluding carboxylic acids is 1. The zero-order valence-electron chi connectivity index (χ0n) is 9.47. The van der Waals surface area contributed by atoms with E-state index in [2.05, 4.69) is 15.6 Å². The molecule has 4 N–H and O–H groups in total. The molecular formula is C9H17N5O2. The number of hydrogen-bond acceptors (Lipinski definition) is 5. The molecule has 1 rings (SSSR count). The Bertz CT molecular complexity index is 361. The molecule has 0 aromatic carbocycles. The van der Waals surface area contributed by atoms with Crippen molar-refractivity contribution < 1.29 is 9.90 Å². The first kappa shape index (κ1) is 12.6. The van der Waals surface area contributed by atoms with Gasteiger partial charge in [-0.25, -0.2) is 0 Å². The fourth-order valence-corrected chi connectivity index (χ4v) is 1.05. The van der Waals surface area contributed by atoms with Crippen molar-refractivity contribution in [1.82, 2.24) is 20.3 Å². The number of hydrogen-bond donors (Lipinski definition) is 3. The molecule has 16 heavy (non-hydrogen) atoms. The molecule has 0 aliphatic rings. The molecule has 1 aromatic heterocycles. The van der Waals surface area contributed by atoms with Gasteiger partial charge in [-0.3, -0.25) is 9.48 Å². The van der Waals surface area contributed by atoms with Crippen molar-refractivity contribution in [3.63, 3.8) is 0 Å². The van der Waals surface area contributed by atoms with E-state index in [-0.39, 0.29) is 18.2 Å².